The van der Waals surface area contributed by atoms with Crippen LogP contribution in [0.3, 0.4) is 0 Å². The largest absolute Gasteiger partial charge is 0.230 e. The molecule has 3 heteroatoms. The summed E-state index contributed by atoms with van der Waals surface area (Å²) in [5, 5.41) is 0. The van der Waals surface area contributed by atoms with Crippen molar-refractivity contribution in [1.29, 1.82) is 0 Å². The predicted octanol–water partition coefficient (Wildman–Crippen LogP) is 3.59. The van der Waals surface area contributed by atoms with Crippen LogP contribution in [0.4, 0.5) is 0 Å². The van der Waals surface area contributed by atoms with Gasteiger partial charge in [0.05, 0.1) is 0 Å². The van der Waals surface area contributed by atoms with Gasteiger partial charge in [-0.3, -0.25) is 0 Å². The maximum Gasteiger partial charge on any atom is 0.158 e. The molecular weight excluding hydrogens is 292 g/mol. The molecule has 0 saturated carbocycles. The van der Waals surface area contributed by atoms with Crippen molar-refractivity contribution < 1.29 is 8.42 Å². The van der Waals surface area contributed by atoms with E-state index in [0.717, 1.165) is 16.7 Å². The van der Waals surface area contributed by atoms with Gasteiger partial charge in [-0.15, -0.1) is 0 Å². The van der Waals surface area contributed by atoms with Gasteiger partial charge in [-0.1, -0.05) is 91.0 Å². The Hall–Kier alpha value is -2.39. The Labute approximate surface area is 132 Å². The molecule has 0 amide bonds. The molecule has 0 aliphatic carbocycles. The highest BCUT2D eigenvalue weighted by atomic mass is 32.2. The van der Waals surface area contributed by atoms with Crippen molar-refractivity contribution in [2.24, 2.45) is 0 Å². The third kappa shape index (κ3) is 2.34. The SMILES string of the molecule is O=[SH](=O)C(c1ccccc1)(c1ccccc1)c1ccccc1. The van der Waals surface area contributed by atoms with Crippen LogP contribution >= 0.6 is 0 Å². The van der Waals surface area contributed by atoms with Crippen molar-refractivity contribution in [2.75, 3.05) is 0 Å². The van der Waals surface area contributed by atoms with E-state index in [1.807, 2.05) is 91.0 Å². The number of hydrogen-bond acceptors (Lipinski definition) is 2. The molecule has 0 radical (unpaired) electrons. The summed E-state index contributed by atoms with van der Waals surface area (Å²) in [5.74, 6) is 0. The lowest BCUT2D eigenvalue weighted by atomic mass is 9.84. The van der Waals surface area contributed by atoms with Gasteiger partial charge in [-0.2, -0.15) is 0 Å². The monoisotopic (exact) mass is 308 g/mol. The number of hydrogen-bond donors (Lipinski definition) is 1. The second kappa shape index (κ2) is 6.16. The molecule has 3 rings (SSSR count). The van der Waals surface area contributed by atoms with Crippen molar-refractivity contribution in [3.8, 4) is 0 Å². The molecule has 0 bridgehead atoms. The van der Waals surface area contributed by atoms with Crippen LogP contribution in [0.2, 0.25) is 0 Å². The van der Waals surface area contributed by atoms with Crippen molar-refractivity contribution >= 4 is 10.7 Å². The zero-order chi connectivity index (χ0) is 15.4. The molecule has 0 fully saturated rings. The highest BCUT2D eigenvalue weighted by Crippen LogP contribution is 2.39. The molecule has 110 valence electrons. The van der Waals surface area contributed by atoms with Gasteiger partial charge in [-0.05, 0) is 16.7 Å². The van der Waals surface area contributed by atoms with Crippen LogP contribution < -0.4 is 0 Å². The van der Waals surface area contributed by atoms with Gasteiger partial charge in [-0.25, -0.2) is 8.42 Å². The second-order valence-corrected chi connectivity index (χ2v) is 6.25. The Morgan fingerprint density at radius 3 is 1.00 bits per heavy atom. The molecule has 0 N–H and O–H groups in total. The summed E-state index contributed by atoms with van der Waals surface area (Å²) in [7, 11) is -2.78. The first-order valence-corrected chi connectivity index (χ1v) is 8.25. The first-order valence-electron chi connectivity index (χ1n) is 7.07. The topological polar surface area (TPSA) is 34.1 Å². The molecule has 0 saturated heterocycles. The Kier molecular flexibility index (Phi) is 4.07. The van der Waals surface area contributed by atoms with Gasteiger partial charge >= 0.3 is 0 Å². The van der Waals surface area contributed by atoms with Crippen LogP contribution in [-0.2, 0) is 15.5 Å². The quantitative estimate of drug-likeness (QED) is 0.590. The van der Waals surface area contributed by atoms with Gasteiger partial charge in [0.25, 0.3) is 0 Å². The fourth-order valence-electron chi connectivity index (χ4n) is 2.85. The van der Waals surface area contributed by atoms with Crippen molar-refractivity contribution in [3.05, 3.63) is 108 Å². The van der Waals surface area contributed by atoms with Crippen LogP contribution in [0.5, 0.6) is 0 Å². The maximum absolute atomic E-state index is 12.5. The Morgan fingerprint density at radius 1 is 0.500 bits per heavy atom. The van der Waals surface area contributed by atoms with Crippen molar-refractivity contribution in [1.82, 2.24) is 0 Å². The Morgan fingerprint density at radius 2 is 0.773 bits per heavy atom. The lowest BCUT2D eigenvalue weighted by Gasteiger charge is -2.30. The van der Waals surface area contributed by atoms with Crippen LogP contribution in [0.15, 0.2) is 91.0 Å². The van der Waals surface area contributed by atoms with E-state index < -0.39 is 15.5 Å². The lowest BCUT2D eigenvalue weighted by molar-refractivity contribution is 0.593. The van der Waals surface area contributed by atoms with Crippen molar-refractivity contribution in [2.45, 2.75) is 4.75 Å². The molecule has 2 nitrogen and oxygen atoms in total. The summed E-state index contributed by atoms with van der Waals surface area (Å²) in [6.07, 6.45) is 0. The number of rotatable bonds is 4. The molecule has 0 heterocycles. The zero-order valence-corrected chi connectivity index (χ0v) is 12.8. The van der Waals surface area contributed by atoms with E-state index >= 15 is 0 Å². The van der Waals surface area contributed by atoms with E-state index in [-0.39, 0.29) is 0 Å². The smallest absolute Gasteiger partial charge is 0.158 e. The van der Waals surface area contributed by atoms with E-state index in [1.54, 1.807) is 0 Å². The third-order valence-electron chi connectivity index (χ3n) is 3.85. The van der Waals surface area contributed by atoms with E-state index in [9.17, 15) is 8.42 Å². The summed E-state index contributed by atoms with van der Waals surface area (Å²) in [6, 6.07) is 28.1. The molecule has 22 heavy (non-hydrogen) atoms. The minimum Gasteiger partial charge on any atom is -0.230 e. The Bertz CT molecular complexity index is 705. The highest BCUT2D eigenvalue weighted by Gasteiger charge is 2.39. The third-order valence-corrected chi connectivity index (χ3v) is 5.17. The number of benzene rings is 3. The van der Waals surface area contributed by atoms with Crippen LogP contribution in [0, 0.1) is 0 Å². The van der Waals surface area contributed by atoms with Crippen LogP contribution in [-0.4, -0.2) is 8.42 Å². The average Bonchev–Trinajstić information content (AvgIpc) is 2.58. The molecule has 0 unspecified atom stereocenters. The zero-order valence-electron chi connectivity index (χ0n) is 11.9. The standard InChI is InChI=1S/C19H16O2S/c20-22(21)19(16-10-4-1-5-11-16,17-12-6-2-7-13-17)18-14-8-3-9-15-18/h1-15,22H. The highest BCUT2D eigenvalue weighted by molar-refractivity contribution is 7.74. The van der Waals surface area contributed by atoms with Gasteiger partial charge in [0.15, 0.2) is 10.7 Å². The summed E-state index contributed by atoms with van der Waals surface area (Å²) in [5.41, 5.74) is 2.26. The molecule has 3 aromatic rings. The summed E-state index contributed by atoms with van der Waals surface area (Å²) < 4.78 is 23.8. The van der Waals surface area contributed by atoms with E-state index in [1.165, 1.54) is 0 Å². The van der Waals surface area contributed by atoms with Gasteiger partial charge in [0.2, 0.25) is 0 Å². The summed E-state index contributed by atoms with van der Waals surface area (Å²) in [4.78, 5) is 0. The van der Waals surface area contributed by atoms with Gasteiger partial charge < -0.3 is 0 Å². The van der Waals surface area contributed by atoms with E-state index in [2.05, 4.69) is 0 Å². The van der Waals surface area contributed by atoms with Gasteiger partial charge in [0.1, 0.15) is 4.75 Å². The fraction of sp³-hybridized carbons (Fsp3) is 0.0526. The molecule has 0 atom stereocenters. The van der Waals surface area contributed by atoms with Gasteiger partial charge in [0, 0.05) is 0 Å². The van der Waals surface area contributed by atoms with Crippen molar-refractivity contribution in [3.63, 3.8) is 0 Å². The second-order valence-electron chi connectivity index (χ2n) is 5.07. The number of thiol groups is 1. The fourth-order valence-corrected chi connectivity index (χ4v) is 3.93. The summed E-state index contributed by atoms with van der Waals surface area (Å²) in [6.45, 7) is 0. The molecular formula is C19H16O2S. The predicted molar refractivity (Wildman–Crippen MR) is 89.5 cm³/mol. The molecule has 0 aromatic heterocycles. The minimum absolute atomic E-state index is 0.753. The van der Waals surface area contributed by atoms with Crippen LogP contribution in [0.25, 0.3) is 0 Å². The maximum atomic E-state index is 12.5. The lowest BCUT2D eigenvalue weighted by Crippen LogP contribution is -2.31. The van der Waals surface area contributed by atoms with Crippen LogP contribution in [0.1, 0.15) is 16.7 Å². The molecule has 0 spiro atoms. The summed E-state index contributed by atoms with van der Waals surface area (Å²) >= 11 is 0. The normalized spacial score (nSPS) is 11.5. The average molecular weight is 308 g/mol. The first kappa shape index (κ1) is 14.5. The molecule has 3 aromatic carbocycles. The molecule has 0 aliphatic heterocycles. The molecule has 0 aliphatic rings. The Balaban J connectivity index is 2.40. The van der Waals surface area contributed by atoms with E-state index in [0.29, 0.717) is 0 Å². The van der Waals surface area contributed by atoms with E-state index in [4.69, 9.17) is 0 Å². The minimum atomic E-state index is -2.78. The first-order chi connectivity index (χ1) is 10.8.